The Balaban J connectivity index is 1.61. The number of anilines is 1. The van der Waals surface area contributed by atoms with Crippen LogP contribution >= 0.6 is 23.2 Å². The monoisotopic (exact) mass is 425 g/mol. The van der Waals surface area contributed by atoms with Crippen molar-refractivity contribution in [2.24, 2.45) is 0 Å². The van der Waals surface area contributed by atoms with Gasteiger partial charge in [-0.3, -0.25) is 14.2 Å². The molecule has 1 amide bonds. The maximum absolute atomic E-state index is 13.9. The van der Waals surface area contributed by atoms with Gasteiger partial charge in [0.25, 0.3) is 0 Å². The van der Waals surface area contributed by atoms with Crippen molar-refractivity contribution in [1.82, 2.24) is 19.6 Å². The Morgan fingerprint density at radius 2 is 1.96 bits per heavy atom. The summed E-state index contributed by atoms with van der Waals surface area (Å²) in [6.07, 6.45) is 4.01. The van der Waals surface area contributed by atoms with E-state index >= 15 is 0 Å². The number of carbonyl (C=O) groups excluding carboxylic acids is 1. The zero-order valence-electron chi connectivity index (χ0n) is 14.3. The average molecular weight is 426 g/mol. The summed E-state index contributed by atoms with van der Waals surface area (Å²) in [5, 5.41) is 19.9. The van der Waals surface area contributed by atoms with E-state index in [1.165, 1.54) is 40.1 Å². The minimum atomic E-state index is -1.09. The molecule has 3 rings (SSSR count). The van der Waals surface area contributed by atoms with E-state index in [0.29, 0.717) is 0 Å². The van der Waals surface area contributed by atoms with Crippen molar-refractivity contribution >= 4 is 40.9 Å². The third-order valence-electron chi connectivity index (χ3n) is 3.80. The summed E-state index contributed by atoms with van der Waals surface area (Å²) in [5.74, 6) is -1.82. The second kappa shape index (κ2) is 8.41. The fourth-order valence-corrected chi connectivity index (χ4v) is 2.84. The van der Waals surface area contributed by atoms with E-state index < -0.39 is 11.8 Å². The van der Waals surface area contributed by atoms with E-state index in [2.05, 4.69) is 15.5 Å². The second-order valence-corrected chi connectivity index (χ2v) is 6.63. The van der Waals surface area contributed by atoms with Crippen LogP contribution in [0.5, 0.6) is 0 Å². The first-order valence-corrected chi connectivity index (χ1v) is 8.80. The van der Waals surface area contributed by atoms with E-state index in [4.69, 9.17) is 28.3 Å². The molecule has 0 aliphatic carbocycles. The Kier molecular flexibility index (Phi) is 5.96. The molecular formula is C17H14Cl2FN5O3. The van der Waals surface area contributed by atoms with Gasteiger partial charge in [-0.15, -0.1) is 0 Å². The first-order chi connectivity index (χ1) is 13.3. The largest absolute Gasteiger partial charge is 0.478 e. The van der Waals surface area contributed by atoms with Crippen molar-refractivity contribution in [3.63, 3.8) is 0 Å². The van der Waals surface area contributed by atoms with Gasteiger partial charge in [-0.25, -0.2) is 9.18 Å². The summed E-state index contributed by atoms with van der Waals surface area (Å²) >= 11 is 12.1. The molecule has 146 valence electrons. The highest BCUT2D eigenvalue weighted by Gasteiger charge is 2.14. The van der Waals surface area contributed by atoms with Crippen molar-refractivity contribution in [2.45, 2.75) is 19.5 Å². The number of nitrogens with one attached hydrogen (secondary N) is 1. The number of carbonyl (C=O) groups is 2. The van der Waals surface area contributed by atoms with Crippen LogP contribution in [-0.2, 0) is 17.9 Å². The number of nitrogens with zero attached hydrogens (tertiary/aromatic N) is 4. The first kappa shape index (κ1) is 19.8. The summed E-state index contributed by atoms with van der Waals surface area (Å²) in [5.41, 5.74) is 0.295. The van der Waals surface area contributed by atoms with Crippen LogP contribution in [-0.4, -0.2) is 36.5 Å². The molecule has 2 aromatic heterocycles. The molecule has 2 N–H and O–H groups in total. The Morgan fingerprint density at radius 3 is 2.64 bits per heavy atom. The average Bonchev–Trinajstić information content (AvgIpc) is 3.24. The minimum Gasteiger partial charge on any atom is -0.478 e. The number of halogens is 3. The number of carboxylic acids is 1. The molecule has 0 saturated carbocycles. The molecule has 8 nitrogen and oxygen atoms in total. The van der Waals surface area contributed by atoms with Crippen molar-refractivity contribution in [3.8, 4) is 0 Å². The predicted molar refractivity (Wildman–Crippen MR) is 100 cm³/mol. The molecule has 0 spiro atoms. The lowest BCUT2D eigenvalue weighted by Crippen LogP contribution is -2.15. The highest BCUT2D eigenvalue weighted by atomic mass is 35.5. The first-order valence-electron chi connectivity index (χ1n) is 8.05. The van der Waals surface area contributed by atoms with Crippen LogP contribution in [0.25, 0.3) is 0 Å². The molecule has 0 saturated heterocycles. The molecule has 0 aliphatic heterocycles. The Bertz CT molecular complexity index is 1010. The van der Waals surface area contributed by atoms with Gasteiger partial charge in [0.2, 0.25) is 5.91 Å². The van der Waals surface area contributed by atoms with Crippen LogP contribution in [0.15, 0.2) is 36.8 Å². The third kappa shape index (κ3) is 4.68. The number of aromatic nitrogens is 4. The highest BCUT2D eigenvalue weighted by Crippen LogP contribution is 2.23. The van der Waals surface area contributed by atoms with Crippen molar-refractivity contribution < 1.29 is 19.1 Å². The van der Waals surface area contributed by atoms with Gasteiger partial charge < -0.3 is 10.4 Å². The Morgan fingerprint density at radius 1 is 1.18 bits per heavy atom. The number of benzene rings is 1. The van der Waals surface area contributed by atoms with E-state index in [1.807, 2.05) is 0 Å². The van der Waals surface area contributed by atoms with E-state index in [9.17, 15) is 14.0 Å². The van der Waals surface area contributed by atoms with Gasteiger partial charge in [-0.05, 0) is 12.1 Å². The highest BCUT2D eigenvalue weighted by molar-refractivity contribution is 6.33. The van der Waals surface area contributed by atoms with Gasteiger partial charge in [0.15, 0.2) is 5.82 Å². The Hall–Kier alpha value is -2.91. The Labute approximate surface area is 168 Å². The number of aryl methyl sites for hydroxylation is 1. The summed E-state index contributed by atoms with van der Waals surface area (Å²) in [4.78, 5) is 22.9. The number of carboxylic acid groups (broad SMARTS) is 1. The van der Waals surface area contributed by atoms with Crippen molar-refractivity contribution in [3.05, 3.63) is 63.8 Å². The van der Waals surface area contributed by atoms with Gasteiger partial charge in [-0.2, -0.15) is 10.2 Å². The molecule has 3 aromatic rings. The quantitative estimate of drug-likeness (QED) is 0.604. The molecule has 28 heavy (non-hydrogen) atoms. The number of hydrogen-bond acceptors (Lipinski definition) is 4. The third-order valence-corrected chi connectivity index (χ3v) is 4.44. The topological polar surface area (TPSA) is 102 Å². The molecular weight excluding hydrogens is 412 g/mol. The van der Waals surface area contributed by atoms with Crippen LogP contribution < -0.4 is 5.32 Å². The lowest BCUT2D eigenvalue weighted by Gasteiger charge is -2.06. The fourth-order valence-electron chi connectivity index (χ4n) is 2.42. The van der Waals surface area contributed by atoms with E-state index in [1.54, 1.807) is 6.07 Å². The molecule has 0 bridgehead atoms. The predicted octanol–water partition coefficient (Wildman–Crippen LogP) is 3.30. The van der Waals surface area contributed by atoms with Gasteiger partial charge >= 0.3 is 5.97 Å². The van der Waals surface area contributed by atoms with Crippen molar-refractivity contribution in [2.75, 3.05) is 5.32 Å². The fraction of sp³-hybridized carbons (Fsp3) is 0.176. The van der Waals surface area contributed by atoms with Crippen LogP contribution in [0.4, 0.5) is 10.2 Å². The molecule has 0 atom stereocenters. The zero-order valence-corrected chi connectivity index (χ0v) is 15.8. The maximum atomic E-state index is 13.9. The summed E-state index contributed by atoms with van der Waals surface area (Å²) in [7, 11) is 0. The normalized spacial score (nSPS) is 10.8. The number of hydrogen-bond donors (Lipinski definition) is 2. The summed E-state index contributed by atoms with van der Waals surface area (Å²) < 4.78 is 16.6. The lowest BCUT2D eigenvalue weighted by atomic mass is 10.2. The smallest absolute Gasteiger partial charge is 0.338 e. The van der Waals surface area contributed by atoms with Gasteiger partial charge in [0, 0.05) is 35.9 Å². The minimum absolute atomic E-state index is 0.0308. The molecule has 0 fully saturated rings. The van der Waals surface area contributed by atoms with E-state index in [-0.39, 0.29) is 52.4 Å². The van der Waals surface area contributed by atoms with Crippen LogP contribution in [0.2, 0.25) is 10.0 Å². The van der Waals surface area contributed by atoms with Crippen LogP contribution in [0, 0.1) is 5.82 Å². The summed E-state index contributed by atoms with van der Waals surface area (Å²) in [6.45, 7) is 0.231. The maximum Gasteiger partial charge on any atom is 0.338 e. The SMILES string of the molecule is O=C(CCn1cc(C(=O)O)cn1)Nc1nn(Cc2c(F)cccc2Cl)cc1Cl. The van der Waals surface area contributed by atoms with Crippen LogP contribution in [0.3, 0.4) is 0 Å². The molecule has 0 radical (unpaired) electrons. The van der Waals surface area contributed by atoms with Gasteiger partial charge in [0.1, 0.15) is 10.8 Å². The van der Waals surface area contributed by atoms with E-state index in [0.717, 1.165) is 0 Å². The molecule has 0 aliphatic rings. The summed E-state index contributed by atoms with van der Waals surface area (Å²) in [6, 6.07) is 4.36. The standard InChI is InChI=1S/C17H14Cl2FN5O3/c18-12-2-1-3-14(20)11(12)8-25-9-13(19)16(23-25)22-15(26)4-5-24-7-10(6-21-24)17(27)28/h1-3,6-7,9H,4-5,8H2,(H,27,28)(H,22,23,26). The van der Waals surface area contributed by atoms with Crippen molar-refractivity contribution in [1.29, 1.82) is 0 Å². The van der Waals surface area contributed by atoms with Gasteiger partial charge in [-0.1, -0.05) is 29.3 Å². The zero-order chi connectivity index (χ0) is 20.3. The molecule has 0 unspecified atom stereocenters. The lowest BCUT2D eigenvalue weighted by molar-refractivity contribution is -0.116. The number of rotatable bonds is 7. The number of amides is 1. The molecule has 11 heteroatoms. The number of aromatic carboxylic acids is 1. The molecule has 2 heterocycles. The van der Waals surface area contributed by atoms with Gasteiger partial charge in [0.05, 0.1) is 18.3 Å². The van der Waals surface area contributed by atoms with Crippen LogP contribution in [0.1, 0.15) is 22.3 Å². The second-order valence-electron chi connectivity index (χ2n) is 5.82. The molecule has 1 aromatic carbocycles.